The van der Waals surface area contributed by atoms with E-state index in [1.165, 1.54) is 12.1 Å². The first-order valence-corrected chi connectivity index (χ1v) is 4.95. The molecule has 0 spiro atoms. The van der Waals surface area contributed by atoms with Crippen LogP contribution in [0.5, 0.6) is 0 Å². The molecule has 1 aromatic rings. The summed E-state index contributed by atoms with van der Waals surface area (Å²) in [5, 5.41) is 0. The standard InChI is InChI=1S/C12H13FO/c13-11-4-2-10(3-5-11)8-12(9-14)6-1-7-12/h2-5,9H,1,6-8H2. The smallest absolute Gasteiger partial charge is 0.126 e. The fourth-order valence-corrected chi connectivity index (χ4v) is 1.98. The van der Waals surface area contributed by atoms with Crippen molar-refractivity contribution in [2.75, 3.05) is 0 Å². The van der Waals surface area contributed by atoms with Crippen LogP contribution in [0.4, 0.5) is 4.39 Å². The van der Waals surface area contributed by atoms with E-state index in [4.69, 9.17) is 0 Å². The second kappa shape index (κ2) is 3.52. The highest BCUT2D eigenvalue weighted by atomic mass is 19.1. The molecule has 0 bridgehead atoms. The summed E-state index contributed by atoms with van der Waals surface area (Å²) < 4.78 is 12.6. The number of hydrogen-bond donors (Lipinski definition) is 0. The van der Waals surface area contributed by atoms with E-state index in [1.807, 2.05) is 0 Å². The van der Waals surface area contributed by atoms with Gasteiger partial charge < -0.3 is 4.79 Å². The van der Waals surface area contributed by atoms with Gasteiger partial charge in [0.1, 0.15) is 12.1 Å². The first-order chi connectivity index (χ1) is 6.74. The molecule has 0 aromatic heterocycles. The Bertz CT molecular complexity index is 325. The largest absolute Gasteiger partial charge is 0.303 e. The molecule has 0 aliphatic heterocycles. The second-order valence-electron chi connectivity index (χ2n) is 4.14. The summed E-state index contributed by atoms with van der Waals surface area (Å²) in [6.07, 6.45) is 4.93. The maximum absolute atomic E-state index is 12.6. The summed E-state index contributed by atoms with van der Waals surface area (Å²) >= 11 is 0. The molecule has 1 aliphatic carbocycles. The Kier molecular flexibility index (Phi) is 2.36. The van der Waals surface area contributed by atoms with Crippen molar-refractivity contribution < 1.29 is 9.18 Å². The molecule has 0 atom stereocenters. The molecule has 1 aliphatic rings. The molecule has 14 heavy (non-hydrogen) atoms. The van der Waals surface area contributed by atoms with Gasteiger partial charge in [0.05, 0.1) is 0 Å². The third kappa shape index (κ3) is 1.69. The van der Waals surface area contributed by atoms with Gasteiger partial charge >= 0.3 is 0 Å². The zero-order valence-electron chi connectivity index (χ0n) is 8.00. The third-order valence-corrected chi connectivity index (χ3v) is 3.07. The molecule has 0 radical (unpaired) electrons. The van der Waals surface area contributed by atoms with Gasteiger partial charge in [-0.1, -0.05) is 18.6 Å². The molecular formula is C12H13FO. The number of carbonyl (C=O) groups excluding carboxylic acids is 1. The fourth-order valence-electron chi connectivity index (χ4n) is 1.98. The predicted molar refractivity (Wildman–Crippen MR) is 52.5 cm³/mol. The van der Waals surface area contributed by atoms with Gasteiger partial charge in [-0.25, -0.2) is 4.39 Å². The van der Waals surface area contributed by atoms with Gasteiger partial charge in [-0.05, 0) is 37.0 Å². The van der Waals surface area contributed by atoms with Crippen molar-refractivity contribution in [3.8, 4) is 0 Å². The second-order valence-corrected chi connectivity index (χ2v) is 4.14. The van der Waals surface area contributed by atoms with E-state index >= 15 is 0 Å². The molecule has 1 nitrogen and oxygen atoms in total. The van der Waals surface area contributed by atoms with Crippen LogP contribution in [0.3, 0.4) is 0 Å². The van der Waals surface area contributed by atoms with Crippen LogP contribution in [0.25, 0.3) is 0 Å². The average molecular weight is 192 g/mol. The van der Waals surface area contributed by atoms with Gasteiger partial charge in [0.2, 0.25) is 0 Å². The molecule has 2 heteroatoms. The van der Waals surface area contributed by atoms with Crippen LogP contribution < -0.4 is 0 Å². The molecule has 1 aromatic carbocycles. The molecule has 1 fully saturated rings. The highest BCUT2D eigenvalue weighted by Gasteiger charge is 2.36. The van der Waals surface area contributed by atoms with Gasteiger partial charge in [0.25, 0.3) is 0 Å². The lowest BCUT2D eigenvalue weighted by molar-refractivity contribution is -0.120. The summed E-state index contributed by atoms with van der Waals surface area (Å²) in [5.41, 5.74) is 0.913. The van der Waals surface area contributed by atoms with Crippen LogP contribution in [0, 0.1) is 11.2 Å². The summed E-state index contributed by atoms with van der Waals surface area (Å²) in [5.74, 6) is -0.220. The quantitative estimate of drug-likeness (QED) is 0.673. The topological polar surface area (TPSA) is 17.1 Å². The zero-order valence-corrected chi connectivity index (χ0v) is 8.00. The summed E-state index contributed by atoms with van der Waals surface area (Å²) in [6, 6.07) is 6.43. The maximum Gasteiger partial charge on any atom is 0.126 e. The van der Waals surface area contributed by atoms with Crippen molar-refractivity contribution in [2.45, 2.75) is 25.7 Å². The number of rotatable bonds is 3. The minimum atomic E-state index is -0.220. The van der Waals surface area contributed by atoms with Crippen molar-refractivity contribution in [2.24, 2.45) is 5.41 Å². The Labute approximate surface area is 82.9 Å². The average Bonchev–Trinajstić information content (AvgIpc) is 2.15. The summed E-state index contributed by atoms with van der Waals surface area (Å²) in [6.45, 7) is 0. The van der Waals surface area contributed by atoms with Crippen LogP contribution in [0.15, 0.2) is 24.3 Å². The lowest BCUT2D eigenvalue weighted by atomic mass is 9.66. The normalized spacial score (nSPS) is 18.6. The van der Waals surface area contributed by atoms with E-state index in [0.717, 1.165) is 37.5 Å². The van der Waals surface area contributed by atoms with Crippen molar-refractivity contribution in [3.05, 3.63) is 35.6 Å². The monoisotopic (exact) mass is 192 g/mol. The van der Waals surface area contributed by atoms with Gasteiger partial charge in [0, 0.05) is 5.41 Å². The molecule has 0 saturated heterocycles. The number of benzene rings is 1. The highest BCUT2D eigenvalue weighted by molar-refractivity contribution is 5.61. The minimum absolute atomic E-state index is 0.141. The van der Waals surface area contributed by atoms with E-state index in [-0.39, 0.29) is 11.2 Å². The van der Waals surface area contributed by atoms with Crippen molar-refractivity contribution in [1.29, 1.82) is 0 Å². The van der Waals surface area contributed by atoms with Crippen LogP contribution in [0.2, 0.25) is 0 Å². The fraction of sp³-hybridized carbons (Fsp3) is 0.417. The first kappa shape index (κ1) is 9.38. The minimum Gasteiger partial charge on any atom is -0.303 e. The van der Waals surface area contributed by atoms with Gasteiger partial charge in [-0.15, -0.1) is 0 Å². The maximum atomic E-state index is 12.6. The molecule has 0 N–H and O–H groups in total. The number of carbonyl (C=O) groups is 1. The van der Waals surface area contributed by atoms with Gasteiger partial charge in [0.15, 0.2) is 0 Å². The van der Waals surface area contributed by atoms with Crippen molar-refractivity contribution in [1.82, 2.24) is 0 Å². The Morgan fingerprint density at radius 3 is 2.36 bits per heavy atom. The Morgan fingerprint density at radius 1 is 1.29 bits per heavy atom. The summed E-state index contributed by atoms with van der Waals surface area (Å²) in [7, 11) is 0. The highest BCUT2D eigenvalue weighted by Crippen LogP contribution is 2.41. The lowest BCUT2D eigenvalue weighted by Crippen LogP contribution is -2.33. The molecular weight excluding hydrogens is 179 g/mol. The lowest BCUT2D eigenvalue weighted by Gasteiger charge is -2.36. The predicted octanol–water partition coefficient (Wildman–Crippen LogP) is 2.74. The van der Waals surface area contributed by atoms with Crippen LogP contribution >= 0.6 is 0 Å². The van der Waals surface area contributed by atoms with Crippen LogP contribution in [-0.4, -0.2) is 6.29 Å². The zero-order chi connectivity index (χ0) is 10.0. The van der Waals surface area contributed by atoms with Crippen molar-refractivity contribution >= 4 is 6.29 Å². The summed E-state index contributed by atoms with van der Waals surface area (Å²) in [4.78, 5) is 10.9. The first-order valence-electron chi connectivity index (χ1n) is 4.95. The Balaban J connectivity index is 2.10. The van der Waals surface area contributed by atoms with E-state index < -0.39 is 0 Å². The van der Waals surface area contributed by atoms with Crippen LogP contribution in [0.1, 0.15) is 24.8 Å². The Hall–Kier alpha value is -1.18. The number of hydrogen-bond acceptors (Lipinski definition) is 1. The third-order valence-electron chi connectivity index (χ3n) is 3.07. The molecule has 0 unspecified atom stereocenters. The molecule has 2 rings (SSSR count). The van der Waals surface area contributed by atoms with E-state index in [2.05, 4.69) is 0 Å². The van der Waals surface area contributed by atoms with Gasteiger partial charge in [-0.3, -0.25) is 0 Å². The van der Waals surface area contributed by atoms with Crippen molar-refractivity contribution in [3.63, 3.8) is 0 Å². The number of halogens is 1. The SMILES string of the molecule is O=CC1(Cc2ccc(F)cc2)CCC1. The van der Waals surface area contributed by atoms with E-state index in [1.54, 1.807) is 12.1 Å². The number of aldehydes is 1. The van der Waals surface area contributed by atoms with E-state index in [9.17, 15) is 9.18 Å². The Morgan fingerprint density at radius 2 is 1.93 bits per heavy atom. The molecule has 0 amide bonds. The molecule has 74 valence electrons. The van der Waals surface area contributed by atoms with Gasteiger partial charge in [-0.2, -0.15) is 0 Å². The van der Waals surface area contributed by atoms with E-state index in [0.29, 0.717) is 0 Å². The molecule has 1 saturated carbocycles. The molecule has 0 heterocycles. The van der Waals surface area contributed by atoms with Crippen LogP contribution in [-0.2, 0) is 11.2 Å².